The van der Waals surface area contributed by atoms with Crippen LogP contribution in [0.5, 0.6) is 0 Å². The van der Waals surface area contributed by atoms with Gasteiger partial charge in [0.1, 0.15) is 0 Å². The minimum atomic E-state index is 0. The van der Waals surface area contributed by atoms with Gasteiger partial charge in [-0.3, -0.25) is 4.90 Å². The van der Waals surface area contributed by atoms with E-state index < -0.39 is 0 Å². The number of aromatic nitrogens is 4. The summed E-state index contributed by atoms with van der Waals surface area (Å²) < 4.78 is 1.82. The molecule has 22 heavy (non-hydrogen) atoms. The highest BCUT2D eigenvalue weighted by atomic mass is 35.5. The molecule has 116 valence electrons. The molecule has 6 heteroatoms. The van der Waals surface area contributed by atoms with E-state index in [4.69, 9.17) is 0 Å². The smallest absolute Gasteiger partial charge is 0.170 e. The molecule has 2 aromatic carbocycles. The van der Waals surface area contributed by atoms with Gasteiger partial charge in [0.2, 0.25) is 0 Å². The van der Waals surface area contributed by atoms with Gasteiger partial charge in [-0.1, -0.05) is 44.2 Å². The van der Waals surface area contributed by atoms with Crippen molar-refractivity contribution >= 4 is 23.2 Å². The lowest BCUT2D eigenvalue weighted by Gasteiger charge is -2.17. The topological polar surface area (TPSA) is 46.8 Å². The van der Waals surface area contributed by atoms with Crippen molar-refractivity contribution in [3.8, 4) is 5.69 Å². The van der Waals surface area contributed by atoms with E-state index in [1.54, 1.807) is 0 Å². The van der Waals surface area contributed by atoms with Gasteiger partial charge in [-0.05, 0) is 46.4 Å². The van der Waals surface area contributed by atoms with Crippen molar-refractivity contribution in [2.75, 3.05) is 13.1 Å². The van der Waals surface area contributed by atoms with Crippen molar-refractivity contribution in [2.45, 2.75) is 20.4 Å². The van der Waals surface area contributed by atoms with Crippen molar-refractivity contribution in [1.82, 2.24) is 25.1 Å². The molecule has 0 aliphatic heterocycles. The van der Waals surface area contributed by atoms with Crippen LogP contribution in [0.1, 0.15) is 19.7 Å². The van der Waals surface area contributed by atoms with E-state index in [0.717, 1.165) is 31.1 Å². The van der Waals surface area contributed by atoms with Crippen LogP contribution in [0.3, 0.4) is 0 Å². The molecule has 1 heterocycles. The number of tetrazole rings is 1. The number of nitrogens with zero attached hydrogens (tertiary/aromatic N) is 5. The largest absolute Gasteiger partial charge is 0.296 e. The summed E-state index contributed by atoms with van der Waals surface area (Å²) in [6.45, 7) is 7.02. The molecule has 5 nitrogen and oxygen atoms in total. The number of rotatable bonds is 5. The maximum Gasteiger partial charge on any atom is 0.170 e. The molecule has 0 fully saturated rings. The Labute approximate surface area is 136 Å². The average molecular weight is 318 g/mol. The molecule has 1 aromatic heterocycles. The lowest BCUT2D eigenvalue weighted by atomic mass is 10.1. The maximum absolute atomic E-state index is 4.17. The third kappa shape index (κ3) is 3.26. The van der Waals surface area contributed by atoms with E-state index in [9.17, 15) is 0 Å². The van der Waals surface area contributed by atoms with E-state index in [0.29, 0.717) is 0 Å². The Kier molecular flexibility index (Phi) is 5.46. The molecule has 0 amide bonds. The van der Waals surface area contributed by atoms with Gasteiger partial charge in [-0.2, -0.15) is 4.68 Å². The van der Waals surface area contributed by atoms with Crippen LogP contribution in [0, 0.1) is 0 Å². The Bertz CT molecular complexity index is 736. The van der Waals surface area contributed by atoms with Gasteiger partial charge in [0, 0.05) is 0 Å². The highest BCUT2D eigenvalue weighted by Gasteiger charge is 2.11. The molecular formula is C16H20ClN5. The van der Waals surface area contributed by atoms with Gasteiger partial charge in [0.15, 0.2) is 5.82 Å². The summed E-state index contributed by atoms with van der Waals surface area (Å²) in [4.78, 5) is 2.29. The first-order valence-electron chi connectivity index (χ1n) is 7.30. The van der Waals surface area contributed by atoms with Crippen molar-refractivity contribution in [2.24, 2.45) is 0 Å². The minimum absolute atomic E-state index is 0. The van der Waals surface area contributed by atoms with Crippen LogP contribution in [0.4, 0.5) is 0 Å². The van der Waals surface area contributed by atoms with Gasteiger partial charge in [0.25, 0.3) is 0 Å². The normalized spacial score (nSPS) is 10.9. The first-order chi connectivity index (χ1) is 10.3. The van der Waals surface area contributed by atoms with Crippen LogP contribution in [0.25, 0.3) is 16.5 Å². The number of hydrogen-bond donors (Lipinski definition) is 0. The van der Waals surface area contributed by atoms with E-state index in [2.05, 4.69) is 64.6 Å². The first-order valence-corrected chi connectivity index (χ1v) is 7.30. The monoisotopic (exact) mass is 317 g/mol. The molecular weight excluding hydrogens is 298 g/mol. The second-order valence-electron chi connectivity index (χ2n) is 5.00. The molecule has 3 aromatic rings. The summed E-state index contributed by atoms with van der Waals surface area (Å²) in [6.07, 6.45) is 0. The lowest BCUT2D eigenvalue weighted by molar-refractivity contribution is 0.285. The van der Waals surface area contributed by atoms with Crippen LogP contribution in [0.2, 0.25) is 0 Å². The van der Waals surface area contributed by atoms with Gasteiger partial charge >= 0.3 is 0 Å². The summed E-state index contributed by atoms with van der Waals surface area (Å²) in [5, 5.41) is 14.6. The Morgan fingerprint density at radius 2 is 1.73 bits per heavy atom. The van der Waals surface area contributed by atoms with Gasteiger partial charge in [-0.25, -0.2) is 0 Å². The predicted octanol–water partition coefficient (Wildman–Crippen LogP) is 3.08. The molecule has 0 radical (unpaired) electrons. The SMILES string of the molecule is CCN(CC)Cc1nnnn1-c1ccc2ccccc2c1.Cl. The van der Waals surface area contributed by atoms with Crippen LogP contribution in [-0.4, -0.2) is 38.2 Å². The Balaban J connectivity index is 0.00000176. The fourth-order valence-corrected chi connectivity index (χ4v) is 2.46. The van der Waals surface area contributed by atoms with Crippen molar-refractivity contribution in [1.29, 1.82) is 0 Å². The molecule has 0 N–H and O–H groups in total. The van der Waals surface area contributed by atoms with Crippen LogP contribution < -0.4 is 0 Å². The zero-order valence-corrected chi connectivity index (χ0v) is 13.6. The number of hydrogen-bond acceptors (Lipinski definition) is 4. The fourth-order valence-electron chi connectivity index (χ4n) is 2.46. The molecule has 0 saturated heterocycles. The van der Waals surface area contributed by atoms with Crippen LogP contribution >= 0.6 is 12.4 Å². The summed E-state index contributed by atoms with van der Waals surface area (Å²) in [7, 11) is 0. The average Bonchev–Trinajstić information content (AvgIpc) is 3.00. The molecule has 0 bridgehead atoms. The Hall–Kier alpha value is -1.98. The highest BCUT2D eigenvalue weighted by Crippen LogP contribution is 2.18. The third-order valence-corrected chi connectivity index (χ3v) is 3.77. The molecule has 0 unspecified atom stereocenters. The van der Waals surface area contributed by atoms with E-state index in [1.165, 1.54) is 10.8 Å². The van der Waals surface area contributed by atoms with Crippen LogP contribution in [-0.2, 0) is 6.54 Å². The third-order valence-electron chi connectivity index (χ3n) is 3.77. The molecule has 0 spiro atoms. The summed E-state index contributed by atoms with van der Waals surface area (Å²) >= 11 is 0. The molecule has 3 rings (SSSR count). The van der Waals surface area contributed by atoms with Crippen molar-refractivity contribution in [3.63, 3.8) is 0 Å². The molecule has 0 aliphatic carbocycles. The zero-order chi connectivity index (χ0) is 14.7. The molecule has 0 aliphatic rings. The summed E-state index contributed by atoms with van der Waals surface area (Å²) in [6, 6.07) is 14.6. The van der Waals surface area contributed by atoms with E-state index in [-0.39, 0.29) is 12.4 Å². The number of benzene rings is 2. The zero-order valence-electron chi connectivity index (χ0n) is 12.8. The standard InChI is InChI=1S/C16H19N5.ClH/c1-3-20(4-2)12-16-17-18-19-21(16)15-10-9-13-7-5-6-8-14(13)11-15;/h5-11H,3-4,12H2,1-2H3;1H. The maximum atomic E-state index is 4.17. The minimum Gasteiger partial charge on any atom is -0.296 e. The molecule has 0 saturated carbocycles. The Morgan fingerprint density at radius 3 is 2.45 bits per heavy atom. The quantitative estimate of drug-likeness (QED) is 0.725. The van der Waals surface area contributed by atoms with Gasteiger partial charge < -0.3 is 0 Å². The Morgan fingerprint density at radius 1 is 1.00 bits per heavy atom. The second kappa shape index (κ2) is 7.33. The highest BCUT2D eigenvalue weighted by molar-refractivity contribution is 5.85. The predicted molar refractivity (Wildman–Crippen MR) is 90.5 cm³/mol. The van der Waals surface area contributed by atoms with E-state index >= 15 is 0 Å². The van der Waals surface area contributed by atoms with Crippen molar-refractivity contribution < 1.29 is 0 Å². The lowest BCUT2D eigenvalue weighted by Crippen LogP contribution is -2.24. The van der Waals surface area contributed by atoms with E-state index in [1.807, 2.05) is 16.8 Å². The summed E-state index contributed by atoms with van der Waals surface area (Å²) in [5.74, 6) is 0.869. The van der Waals surface area contributed by atoms with Gasteiger partial charge in [-0.15, -0.1) is 17.5 Å². The first kappa shape index (κ1) is 16.4. The van der Waals surface area contributed by atoms with Crippen molar-refractivity contribution in [3.05, 3.63) is 48.3 Å². The van der Waals surface area contributed by atoms with Crippen LogP contribution in [0.15, 0.2) is 42.5 Å². The number of halogens is 1. The summed E-state index contributed by atoms with van der Waals surface area (Å²) in [5.41, 5.74) is 1.00. The fraction of sp³-hybridized carbons (Fsp3) is 0.312. The van der Waals surface area contributed by atoms with Gasteiger partial charge in [0.05, 0.1) is 12.2 Å². The number of fused-ring (bicyclic) bond motifs is 1. The second-order valence-corrected chi connectivity index (χ2v) is 5.00. The molecule has 0 atom stereocenters.